The standard InChI is InChI=1S/C3H7.2ClH.K.Mg/c1-3-2;;;;/h3H,1-2H3;2*1H;;/q-1;;;+1;+2/p-2. The zero-order valence-electron chi connectivity index (χ0n) is 5.04. The second-order valence-electron chi connectivity index (χ2n) is 0.577. The summed E-state index contributed by atoms with van der Waals surface area (Å²) in [5, 5.41) is 0. The van der Waals surface area contributed by atoms with Gasteiger partial charge in [0.05, 0.1) is 0 Å². The molecule has 0 amide bonds. The van der Waals surface area contributed by atoms with E-state index in [1.165, 1.54) is 0 Å². The van der Waals surface area contributed by atoms with E-state index in [0.29, 0.717) is 0 Å². The van der Waals surface area contributed by atoms with E-state index < -0.39 is 0 Å². The maximum Gasteiger partial charge on any atom is 2.00 e. The van der Waals surface area contributed by atoms with Crippen LogP contribution < -0.4 is 76.2 Å². The molecule has 4 heteroatoms. The Morgan fingerprint density at radius 1 is 1.00 bits per heavy atom. The fourth-order valence-electron chi connectivity index (χ4n) is 0. The van der Waals surface area contributed by atoms with Gasteiger partial charge in [-0.25, -0.2) is 0 Å². The largest absolute Gasteiger partial charge is 2.00 e. The van der Waals surface area contributed by atoms with Crippen molar-refractivity contribution in [1.29, 1.82) is 0 Å². The number of hydrogen-bond acceptors (Lipinski definition) is 0. The predicted molar refractivity (Wildman–Crippen MR) is 21.4 cm³/mol. The molecule has 0 saturated carbocycles. The molecule has 0 aromatic rings. The fourth-order valence-corrected chi connectivity index (χ4v) is 0. The summed E-state index contributed by atoms with van der Waals surface area (Å²) in [4.78, 5) is 0. The maximum absolute atomic E-state index is 2.00. The molecule has 0 saturated heterocycles. The average molecular weight is 177 g/mol. The van der Waals surface area contributed by atoms with Crippen molar-refractivity contribution in [2.24, 2.45) is 0 Å². The molecule has 0 nitrogen and oxygen atoms in total. The van der Waals surface area contributed by atoms with Gasteiger partial charge in [-0.2, -0.15) is 13.8 Å². The van der Waals surface area contributed by atoms with Crippen molar-refractivity contribution in [3.05, 3.63) is 6.42 Å². The van der Waals surface area contributed by atoms with E-state index in [0.717, 1.165) is 0 Å². The van der Waals surface area contributed by atoms with Gasteiger partial charge in [-0.3, -0.25) is 0 Å². The van der Waals surface area contributed by atoms with Crippen molar-refractivity contribution >= 4 is 23.1 Å². The summed E-state index contributed by atoms with van der Waals surface area (Å²) in [6, 6.07) is 0. The van der Waals surface area contributed by atoms with Crippen LogP contribution in [0.25, 0.3) is 0 Å². The van der Waals surface area contributed by atoms with Crippen LogP contribution in [-0.2, 0) is 0 Å². The normalized spacial score (nSPS) is 2.57. The van der Waals surface area contributed by atoms with Gasteiger partial charge in [-0.1, -0.05) is 0 Å². The van der Waals surface area contributed by atoms with Crippen LogP contribution in [0.4, 0.5) is 0 Å². The first-order valence-electron chi connectivity index (χ1n) is 1.15. The predicted octanol–water partition coefficient (Wildman–Crippen LogP) is -8.14. The molecule has 0 N–H and O–H groups in total. The summed E-state index contributed by atoms with van der Waals surface area (Å²) in [5.74, 6) is 0. The molecule has 7 heavy (non-hydrogen) atoms. The van der Waals surface area contributed by atoms with Crippen molar-refractivity contribution in [3.8, 4) is 0 Å². The number of halogens is 2. The Morgan fingerprint density at radius 2 is 1.00 bits per heavy atom. The summed E-state index contributed by atoms with van der Waals surface area (Å²) >= 11 is 0. The SMILES string of the molecule is C[CH-]C.[Cl-].[Cl-].[K+].[Mg+2]. The molecule has 0 rings (SSSR count). The number of rotatable bonds is 0. The van der Waals surface area contributed by atoms with Gasteiger partial charge in [0, 0.05) is 0 Å². The molecular formula is C3H7Cl2KMg. The van der Waals surface area contributed by atoms with Crippen molar-refractivity contribution in [1.82, 2.24) is 0 Å². The average Bonchev–Trinajstić information content (AvgIpc) is 0.918. The summed E-state index contributed by atoms with van der Waals surface area (Å²) in [5.41, 5.74) is 0. The van der Waals surface area contributed by atoms with Crippen LogP contribution in [0.5, 0.6) is 0 Å². The Kier molecular flexibility index (Phi) is 167. The molecular weight excluding hydrogens is 170 g/mol. The Labute approximate surface area is 117 Å². The molecule has 0 aromatic heterocycles. The third-order valence-corrected chi connectivity index (χ3v) is 0. The van der Waals surface area contributed by atoms with Crippen molar-refractivity contribution in [2.75, 3.05) is 0 Å². The van der Waals surface area contributed by atoms with E-state index in [-0.39, 0.29) is 99.3 Å². The van der Waals surface area contributed by atoms with Crippen LogP contribution >= 0.6 is 0 Å². The minimum absolute atomic E-state index is 0. The zero-order valence-corrected chi connectivity index (χ0v) is 11.1. The zero-order chi connectivity index (χ0) is 2.71. The van der Waals surface area contributed by atoms with Gasteiger partial charge in [0.15, 0.2) is 0 Å². The van der Waals surface area contributed by atoms with Crippen molar-refractivity contribution in [3.63, 3.8) is 0 Å². The monoisotopic (exact) mass is 176 g/mol. The molecule has 0 aliphatic rings. The van der Waals surface area contributed by atoms with Crippen molar-refractivity contribution in [2.45, 2.75) is 13.8 Å². The molecule has 0 atom stereocenters. The third kappa shape index (κ3) is 49.2. The van der Waals surface area contributed by atoms with Gasteiger partial charge in [0.25, 0.3) is 0 Å². The van der Waals surface area contributed by atoms with Crippen molar-refractivity contribution < 1.29 is 76.2 Å². The topological polar surface area (TPSA) is 0 Å². The van der Waals surface area contributed by atoms with Gasteiger partial charge in [0.1, 0.15) is 0 Å². The Bertz CT molecular complexity index is 12.9. The Balaban J connectivity index is -0.00000000333. The van der Waals surface area contributed by atoms with Gasteiger partial charge in [-0.15, -0.1) is 0 Å². The molecule has 0 fully saturated rings. The first kappa shape index (κ1) is 32.4. The number of hydrogen-bond donors (Lipinski definition) is 0. The van der Waals surface area contributed by atoms with E-state index in [1.54, 1.807) is 0 Å². The molecule has 36 valence electrons. The van der Waals surface area contributed by atoms with E-state index in [1.807, 2.05) is 20.3 Å². The Hall–Kier alpha value is 2.98. The van der Waals surface area contributed by atoms with Crippen LogP contribution in [0.2, 0.25) is 0 Å². The third-order valence-electron chi connectivity index (χ3n) is 0. The van der Waals surface area contributed by atoms with Gasteiger partial charge >= 0.3 is 74.4 Å². The quantitative estimate of drug-likeness (QED) is 0.255. The molecule has 0 radical (unpaired) electrons. The minimum Gasteiger partial charge on any atom is -1.00 e. The van der Waals surface area contributed by atoms with E-state index >= 15 is 0 Å². The van der Waals surface area contributed by atoms with Gasteiger partial charge in [-0.05, 0) is 0 Å². The molecule has 0 aliphatic carbocycles. The Morgan fingerprint density at radius 3 is 1.00 bits per heavy atom. The molecule has 0 unspecified atom stereocenters. The van der Waals surface area contributed by atoms with Crippen LogP contribution in [0.1, 0.15) is 13.8 Å². The molecule has 0 aromatic carbocycles. The minimum atomic E-state index is 0. The first-order valence-corrected chi connectivity index (χ1v) is 1.15. The van der Waals surface area contributed by atoms with Crippen LogP contribution in [0.15, 0.2) is 0 Å². The first-order chi connectivity index (χ1) is 1.41. The van der Waals surface area contributed by atoms with Gasteiger partial charge < -0.3 is 31.2 Å². The van der Waals surface area contributed by atoms with Crippen LogP contribution in [0.3, 0.4) is 0 Å². The fraction of sp³-hybridized carbons (Fsp3) is 0.667. The molecule has 0 heterocycles. The van der Waals surface area contributed by atoms with E-state index in [2.05, 4.69) is 0 Å². The van der Waals surface area contributed by atoms with E-state index in [9.17, 15) is 0 Å². The summed E-state index contributed by atoms with van der Waals surface area (Å²) < 4.78 is 0. The second kappa shape index (κ2) is 36.1. The smallest absolute Gasteiger partial charge is 1.00 e. The molecule has 0 aliphatic heterocycles. The summed E-state index contributed by atoms with van der Waals surface area (Å²) in [6.07, 6.45) is 2.00. The van der Waals surface area contributed by atoms with Crippen LogP contribution in [0, 0.1) is 6.42 Å². The molecule has 0 bridgehead atoms. The van der Waals surface area contributed by atoms with E-state index in [4.69, 9.17) is 0 Å². The maximum atomic E-state index is 2.00. The van der Waals surface area contributed by atoms with Gasteiger partial charge in [0.2, 0.25) is 0 Å². The summed E-state index contributed by atoms with van der Waals surface area (Å²) in [7, 11) is 0. The second-order valence-corrected chi connectivity index (χ2v) is 0.577. The summed E-state index contributed by atoms with van der Waals surface area (Å²) in [6.45, 7) is 4.00. The van der Waals surface area contributed by atoms with Crippen LogP contribution in [-0.4, -0.2) is 23.1 Å². The molecule has 0 spiro atoms.